The molecule has 4 aliphatic carbocycles. The van der Waals surface area contributed by atoms with Crippen LogP contribution < -0.4 is 0 Å². The first kappa shape index (κ1) is 24.8. The Morgan fingerprint density at radius 2 is 1.72 bits per heavy atom. The highest BCUT2D eigenvalue weighted by Gasteiger charge is 2.63. The molecule has 1 nitrogen and oxygen atoms in total. The summed E-state index contributed by atoms with van der Waals surface area (Å²) in [6.07, 6.45) is 21.0. The molecule has 0 spiro atoms. The third kappa shape index (κ3) is 4.15. The first-order valence-electron chi connectivity index (χ1n) is 14.6. The Labute approximate surface area is 200 Å². The van der Waals surface area contributed by atoms with Crippen molar-refractivity contribution in [3.63, 3.8) is 0 Å². The maximum absolute atomic E-state index is 11.6. The van der Waals surface area contributed by atoms with Crippen molar-refractivity contribution in [1.29, 1.82) is 0 Å². The molecule has 0 bridgehead atoms. The molecule has 9 atom stereocenters. The van der Waals surface area contributed by atoms with Crippen LogP contribution in [0.3, 0.4) is 0 Å². The van der Waals surface area contributed by atoms with E-state index in [1.165, 1.54) is 83.5 Å². The standard InChI is InChI=1S/C31H54O/c1-7-8-9-10-24-15-20-31(6)28-17-19-30(5)26(22(2)11-12-23(3)32)13-14-27(30)25(28)16-18-29(31,4)21-24/h22,24-28H,7-21H2,1-6H3/t22?,24?,25?,26-,27?,28?,29?,30-,31?/m1/s1. The average molecular weight is 443 g/mol. The fourth-order valence-corrected chi connectivity index (χ4v) is 10.3. The SMILES string of the molecule is CCCCCC1CCC2(C)C3CC[C@@]4(C)C(CC[C@@H]4C(C)CCC(C)=O)C3CCC2(C)C1. The van der Waals surface area contributed by atoms with E-state index in [1.54, 1.807) is 6.92 Å². The molecule has 0 aromatic rings. The maximum Gasteiger partial charge on any atom is 0.129 e. The Bertz CT molecular complexity index is 667. The maximum atomic E-state index is 11.6. The van der Waals surface area contributed by atoms with E-state index < -0.39 is 0 Å². The predicted octanol–water partition coefficient (Wildman–Crippen LogP) is 9.24. The van der Waals surface area contributed by atoms with E-state index in [0.717, 1.165) is 42.4 Å². The van der Waals surface area contributed by atoms with E-state index in [2.05, 4.69) is 34.6 Å². The lowest BCUT2D eigenvalue weighted by Crippen LogP contribution is -2.57. The van der Waals surface area contributed by atoms with Crippen LogP contribution in [0.1, 0.15) is 138 Å². The van der Waals surface area contributed by atoms with Crippen molar-refractivity contribution in [1.82, 2.24) is 0 Å². The summed E-state index contributed by atoms with van der Waals surface area (Å²) in [6, 6.07) is 0. The topological polar surface area (TPSA) is 17.1 Å². The van der Waals surface area contributed by atoms with Crippen LogP contribution in [0.5, 0.6) is 0 Å². The highest BCUT2D eigenvalue weighted by molar-refractivity contribution is 5.75. The van der Waals surface area contributed by atoms with Gasteiger partial charge in [-0.2, -0.15) is 0 Å². The molecule has 0 amide bonds. The molecule has 4 rings (SSSR count). The molecule has 184 valence electrons. The molecule has 4 fully saturated rings. The summed E-state index contributed by atoms with van der Waals surface area (Å²) >= 11 is 0. The number of hydrogen-bond donors (Lipinski definition) is 0. The quantitative estimate of drug-likeness (QED) is 0.342. The monoisotopic (exact) mass is 442 g/mol. The van der Waals surface area contributed by atoms with Gasteiger partial charge in [0.25, 0.3) is 0 Å². The average Bonchev–Trinajstić information content (AvgIpc) is 3.10. The zero-order valence-electron chi connectivity index (χ0n) is 22.5. The van der Waals surface area contributed by atoms with Crippen LogP contribution >= 0.6 is 0 Å². The molecule has 0 radical (unpaired) electrons. The van der Waals surface area contributed by atoms with Crippen molar-refractivity contribution < 1.29 is 4.79 Å². The number of unbranched alkanes of at least 4 members (excludes halogenated alkanes) is 2. The third-order valence-corrected chi connectivity index (χ3v) is 12.4. The van der Waals surface area contributed by atoms with Gasteiger partial charge in [0.2, 0.25) is 0 Å². The second-order valence-corrected chi connectivity index (χ2v) is 13.9. The lowest BCUT2D eigenvalue weighted by atomic mass is 9.39. The fraction of sp³-hybridized carbons (Fsp3) is 0.968. The molecule has 0 aromatic carbocycles. The number of hydrogen-bond acceptors (Lipinski definition) is 1. The largest absolute Gasteiger partial charge is 0.300 e. The van der Waals surface area contributed by atoms with Crippen molar-refractivity contribution in [2.75, 3.05) is 0 Å². The van der Waals surface area contributed by atoms with Crippen molar-refractivity contribution >= 4 is 5.78 Å². The smallest absolute Gasteiger partial charge is 0.129 e. The van der Waals surface area contributed by atoms with Crippen LogP contribution in [0.25, 0.3) is 0 Å². The van der Waals surface area contributed by atoms with Gasteiger partial charge in [-0.25, -0.2) is 0 Å². The van der Waals surface area contributed by atoms with E-state index in [-0.39, 0.29) is 0 Å². The zero-order chi connectivity index (χ0) is 23.1. The molecule has 4 saturated carbocycles. The second kappa shape index (κ2) is 9.37. The molecule has 0 aromatic heterocycles. The van der Waals surface area contributed by atoms with Crippen LogP contribution in [0, 0.1) is 51.8 Å². The van der Waals surface area contributed by atoms with Gasteiger partial charge in [0, 0.05) is 6.42 Å². The molecule has 0 aliphatic heterocycles. The molecule has 0 saturated heterocycles. The normalized spacial score (nSPS) is 46.8. The van der Waals surface area contributed by atoms with Crippen molar-refractivity contribution in [2.24, 2.45) is 51.8 Å². The van der Waals surface area contributed by atoms with Gasteiger partial charge in [-0.15, -0.1) is 0 Å². The van der Waals surface area contributed by atoms with Crippen molar-refractivity contribution in [3.8, 4) is 0 Å². The highest BCUT2D eigenvalue weighted by atomic mass is 16.1. The summed E-state index contributed by atoms with van der Waals surface area (Å²) in [5, 5.41) is 0. The molecule has 0 N–H and O–H groups in total. The third-order valence-electron chi connectivity index (χ3n) is 12.4. The minimum Gasteiger partial charge on any atom is -0.300 e. The van der Waals surface area contributed by atoms with Gasteiger partial charge in [-0.3, -0.25) is 0 Å². The van der Waals surface area contributed by atoms with Gasteiger partial charge in [-0.05, 0) is 123 Å². The lowest BCUT2D eigenvalue weighted by molar-refractivity contribution is -0.163. The number of fused-ring (bicyclic) bond motifs is 5. The molecule has 32 heavy (non-hydrogen) atoms. The summed E-state index contributed by atoms with van der Waals surface area (Å²) < 4.78 is 0. The van der Waals surface area contributed by atoms with Crippen LogP contribution in [-0.4, -0.2) is 5.78 Å². The van der Waals surface area contributed by atoms with E-state index >= 15 is 0 Å². The number of carbonyl (C=O) groups excluding carboxylic acids is 1. The highest BCUT2D eigenvalue weighted by Crippen LogP contribution is 2.71. The van der Waals surface area contributed by atoms with E-state index in [4.69, 9.17) is 0 Å². The van der Waals surface area contributed by atoms with Gasteiger partial charge in [0.05, 0.1) is 0 Å². The van der Waals surface area contributed by atoms with Crippen LogP contribution in [0.4, 0.5) is 0 Å². The zero-order valence-corrected chi connectivity index (χ0v) is 22.5. The van der Waals surface area contributed by atoms with Crippen LogP contribution in [-0.2, 0) is 4.79 Å². The Morgan fingerprint density at radius 3 is 2.44 bits per heavy atom. The number of carbonyl (C=O) groups is 1. The molecule has 0 heterocycles. The molecule has 1 heteroatoms. The Hall–Kier alpha value is -0.330. The fourth-order valence-electron chi connectivity index (χ4n) is 10.3. The summed E-state index contributed by atoms with van der Waals surface area (Å²) in [5.41, 5.74) is 1.71. The summed E-state index contributed by atoms with van der Waals surface area (Å²) in [6.45, 7) is 14.7. The minimum absolute atomic E-state index is 0.380. The predicted molar refractivity (Wildman–Crippen MR) is 137 cm³/mol. The van der Waals surface area contributed by atoms with Gasteiger partial charge >= 0.3 is 0 Å². The number of ketones is 1. The van der Waals surface area contributed by atoms with Crippen LogP contribution in [0.15, 0.2) is 0 Å². The minimum atomic E-state index is 0.380. The first-order valence-corrected chi connectivity index (χ1v) is 14.6. The van der Waals surface area contributed by atoms with Crippen LogP contribution in [0.2, 0.25) is 0 Å². The van der Waals surface area contributed by atoms with Gasteiger partial charge in [0.1, 0.15) is 5.78 Å². The van der Waals surface area contributed by atoms with E-state index in [9.17, 15) is 4.79 Å². The molecular formula is C31H54O. The van der Waals surface area contributed by atoms with Gasteiger partial charge < -0.3 is 4.79 Å². The van der Waals surface area contributed by atoms with E-state index in [1.807, 2.05) is 0 Å². The van der Waals surface area contributed by atoms with Gasteiger partial charge in [-0.1, -0.05) is 60.3 Å². The summed E-state index contributed by atoms with van der Waals surface area (Å²) in [4.78, 5) is 11.6. The Morgan fingerprint density at radius 1 is 0.938 bits per heavy atom. The number of rotatable bonds is 8. The molecular weight excluding hydrogens is 388 g/mol. The van der Waals surface area contributed by atoms with E-state index in [0.29, 0.717) is 27.9 Å². The Balaban J connectivity index is 1.46. The Kier molecular flexibility index (Phi) is 7.26. The number of Topliss-reactive ketones (excluding diaryl/α,β-unsaturated/α-hetero) is 1. The first-order chi connectivity index (χ1) is 15.1. The van der Waals surface area contributed by atoms with Crippen molar-refractivity contribution in [2.45, 2.75) is 138 Å². The second-order valence-electron chi connectivity index (χ2n) is 13.9. The molecule has 4 aliphatic rings. The summed E-state index contributed by atoms with van der Waals surface area (Å²) in [7, 11) is 0. The summed E-state index contributed by atoms with van der Waals surface area (Å²) in [5.74, 6) is 5.86. The van der Waals surface area contributed by atoms with Gasteiger partial charge in [0.15, 0.2) is 0 Å². The van der Waals surface area contributed by atoms with Crippen molar-refractivity contribution in [3.05, 3.63) is 0 Å². The lowest BCUT2D eigenvalue weighted by Gasteiger charge is -2.65. The molecule has 7 unspecified atom stereocenters.